The van der Waals surface area contributed by atoms with Crippen molar-refractivity contribution in [1.82, 2.24) is 10.6 Å². The maximum absolute atomic E-state index is 12.6. The van der Waals surface area contributed by atoms with Crippen molar-refractivity contribution in [2.75, 3.05) is 33.0 Å². The molecule has 25 heteroatoms. The molecule has 1 aromatic rings. The highest BCUT2D eigenvalue weighted by Gasteiger charge is 2.61. The van der Waals surface area contributed by atoms with E-state index < -0.39 is 146 Å². The molecule has 4 aliphatic heterocycles. The number of nitrogens with one attached hydrogen (secondary N) is 2. The zero-order chi connectivity index (χ0) is 46.9. The third-order valence-electron chi connectivity index (χ3n) is 11.3. The topological polar surface area (TPSA) is 371 Å². The Morgan fingerprint density at radius 1 is 0.953 bits per heavy atom. The standard InChI is InChI=1S/C39H57N3O22/c1-18-29(49)33(24(16-44)61-36(18)57-13-5-12-40-26(47)6-3-4-7-27(48)59-21-10-8-20(9-11-21)42(55)56)63-37-32(52)31(51)34-25(62-37)17-58-39(38(53)54)14-23(60-34)28(41-19(2)45)35(64-39)30(50)22(46)15-43/h8-11,18,22-25,28-37,43-44,46,49-52H,3-7,12-17H2,1-2H3,(H,40,47)(H,41,45)(H,53,54)/t18-,22?,23+,24?,25?,28+,29?,30?,31?,32-,33+,34-,35?,36+,37-,39+/m0/s1. The van der Waals surface area contributed by atoms with E-state index in [0.29, 0.717) is 19.3 Å². The molecule has 0 aliphatic carbocycles. The van der Waals surface area contributed by atoms with Crippen LogP contribution in [0.2, 0.25) is 0 Å². The average Bonchev–Trinajstić information content (AvgIpc) is 3.25. The molecule has 2 bridgehead atoms. The molecule has 0 spiro atoms. The van der Waals surface area contributed by atoms with Gasteiger partial charge < -0.3 is 89.4 Å². The molecule has 2 amide bonds. The molecule has 360 valence electrons. The number of esters is 1. The van der Waals surface area contributed by atoms with Crippen molar-refractivity contribution in [2.45, 2.75) is 144 Å². The molecule has 0 radical (unpaired) electrons. The van der Waals surface area contributed by atoms with Crippen LogP contribution < -0.4 is 15.4 Å². The van der Waals surface area contributed by atoms with Crippen molar-refractivity contribution in [2.24, 2.45) is 5.92 Å². The van der Waals surface area contributed by atoms with Crippen LogP contribution in [0.1, 0.15) is 52.4 Å². The van der Waals surface area contributed by atoms with E-state index in [0.717, 1.165) is 6.92 Å². The summed E-state index contributed by atoms with van der Waals surface area (Å²) in [5, 5.41) is 101. The van der Waals surface area contributed by atoms with Gasteiger partial charge in [0.2, 0.25) is 11.8 Å². The van der Waals surface area contributed by atoms with E-state index in [2.05, 4.69) is 10.6 Å². The molecule has 0 saturated carbocycles. The Bertz CT molecular complexity index is 1740. The molecule has 25 nitrogen and oxygen atoms in total. The highest BCUT2D eigenvalue weighted by atomic mass is 16.8. The number of nitro benzene ring substituents is 1. The Morgan fingerprint density at radius 3 is 2.30 bits per heavy atom. The summed E-state index contributed by atoms with van der Waals surface area (Å²) in [4.78, 5) is 59.4. The number of aliphatic hydroxyl groups is 7. The molecule has 4 aliphatic rings. The van der Waals surface area contributed by atoms with Gasteiger partial charge >= 0.3 is 11.9 Å². The van der Waals surface area contributed by atoms with Gasteiger partial charge in [-0.1, -0.05) is 6.92 Å². The van der Waals surface area contributed by atoms with E-state index in [-0.39, 0.29) is 43.3 Å². The molecular formula is C39H57N3O22. The predicted octanol–water partition coefficient (Wildman–Crippen LogP) is -3.30. The number of amides is 2. The Kier molecular flexibility index (Phi) is 18.2. The minimum Gasteiger partial charge on any atom is -0.477 e. The van der Waals surface area contributed by atoms with Gasteiger partial charge in [-0.15, -0.1) is 0 Å². The molecule has 16 atom stereocenters. The fourth-order valence-corrected chi connectivity index (χ4v) is 7.80. The first-order chi connectivity index (χ1) is 30.4. The molecule has 10 N–H and O–H groups in total. The number of hydrogen-bond donors (Lipinski definition) is 10. The van der Waals surface area contributed by atoms with E-state index in [1.807, 2.05) is 0 Å². The van der Waals surface area contributed by atoms with Crippen LogP contribution in [0.4, 0.5) is 5.69 Å². The number of nitro groups is 1. The van der Waals surface area contributed by atoms with E-state index in [1.54, 1.807) is 6.92 Å². The first-order valence-electron chi connectivity index (χ1n) is 20.8. The van der Waals surface area contributed by atoms with Gasteiger partial charge in [0.1, 0.15) is 60.7 Å². The summed E-state index contributed by atoms with van der Waals surface area (Å²) in [5.74, 6) is -6.35. The lowest BCUT2D eigenvalue weighted by molar-refractivity contribution is -0.385. The summed E-state index contributed by atoms with van der Waals surface area (Å²) in [6, 6.07) is 3.69. The molecule has 0 aromatic heterocycles. The summed E-state index contributed by atoms with van der Waals surface area (Å²) < 4.78 is 46.3. The largest absolute Gasteiger partial charge is 0.477 e. The molecule has 5 rings (SSSR count). The van der Waals surface area contributed by atoms with Crippen LogP contribution in [-0.4, -0.2) is 194 Å². The molecule has 4 heterocycles. The number of non-ortho nitro benzene ring substituents is 1. The first kappa shape index (κ1) is 50.9. The number of unbranched alkanes of at least 4 members (excludes halogenated alkanes) is 1. The first-order valence-corrected chi connectivity index (χ1v) is 20.8. The van der Waals surface area contributed by atoms with Crippen LogP contribution >= 0.6 is 0 Å². The van der Waals surface area contributed by atoms with Crippen molar-refractivity contribution in [1.29, 1.82) is 0 Å². The van der Waals surface area contributed by atoms with Crippen LogP contribution in [0.3, 0.4) is 0 Å². The third-order valence-corrected chi connectivity index (χ3v) is 11.3. The van der Waals surface area contributed by atoms with E-state index in [1.165, 1.54) is 24.3 Å². The lowest BCUT2D eigenvalue weighted by atomic mass is 9.87. The van der Waals surface area contributed by atoms with Crippen LogP contribution in [0.5, 0.6) is 5.75 Å². The Hall–Kier alpha value is -4.06. The summed E-state index contributed by atoms with van der Waals surface area (Å²) in [6.45, 7) is 0.638. The van der Waals surface area contributed by atoms with Crippen molar-refractivity contribution in [3.8, 4) is 5.75 Å². The smallest absolute Gasteiger partial charge is 0.364 e. The van der Waals surface area contributed by atoms with Gasteiger partial charge in [-0.05, 0) is 31.4 Å². The van der Waals surface area contributed by atoms with E-state index in [9.17, 15) is 70.1 Å². The third kappa shape index (κ3) is 12.4. The molecule has 4 fully saturated rings. The number of aliphatic hydroxyl groups excluding tert-OH is 7. The second-order valence-corrected chi connectivity index (χ2v) is 16.0. The number of benzene rings is 1. The summed E-state index contributed by atoms with van der Waals surface area (Å²) in [6.07, 6.45) is -19.7. The second-order valence-electron chi connectivity index (χ2n) is 16.0. The summed E-state index contributed by atoms with van der Waals surface area (Å²) in [7, 11) is 0. The summed E-state index contributed by atoms with van der Waals surface area (Å²) in [5.41, 5.74) is -0.139. The highest BCUT2D eigenvalue weighted by Crippen LogP contribution is 2.40. The van der Waals surface area contributed by atoms with Gasteiger partial charge in [0.25, 0.3) is 11.5 Å². The van der Waals surface area contributed by atoms with Gasteiger partial charge in [0.15, 0.2) is 12.6 Å². The molecular weight excluding hydrogens is 862 g/mol. The highest BCUT2D eigenvalue weighted by molar-refractivity contribution is 5.77. The maximum Gasteiger partial charge on any atom is 0.364 e. The van der Waals surface area contributed by atoms with E-state index >= 15 is 0 Å². The Balaban J connectivity index is 1.10. The van der Waals surface area contributed by atoms with E-state index in [4.69, 9.17) is 37.9 Å². The Labute approximate surface area is 365 Å². The van der Waals surface area contributed by atoms with Crippen LogP contribution in [0, 0.1) is 16.0 Å². The number of carboxylic acids is 1. The fourth-order valence-electron chi connectivity index (χ4n) is 7.80. The van der Waals surface area contributed by atoms with Crippen LogP contribution in [0.15, 0.2) is 24.3 Å². The Morgan fingerprint density at radius 2 is 1.66 bits per heavy atom. The van der Waals surface area contributed by atoms with Gasteiger partial charge in [0, 0.05) is 50.8 Å². The van der Waals surface area contributed by atoms with Crippen molar-refractivity contribution < 1.29 is 103 Å². The fraction of sp³-hybridized carbons (Fsp3) is 0.744. The lowest BCUT2D eigenvalue weighted by Crippen LogP contribution is -2.72. The number of carbonyl (C=O) groups excluding carboxylic acids is 3. The summed E-state index contributed by atoms with van der Waals surface area (Å²) >= 11 is 0. The number of rotatable bonds is 20. The number of nitrogens with zero attached hydrogens (tertiary/aromatic N) is 1. The van der Waals surface area contributed by atoms with Crippen LogP contribution in [-0.2, 0) is 52.3 Å². The number of carbonyl (C=O) groups is 4. The second kappa shape index (κ2) is 22.9. The number of carboxylic acid groups (broad SMARTS) is 1. The number of aliphatic carboxylic acids is 1. The normalized spacial score (nSPS) is 34.8. The van der Waals surface area contributed by atoms with Crippen molar-refractivity contribution in [3.05, 3.63) is 34.4 Å². The number of hydrogen-bond acceptors (Lipinski definition) is 21. The van der Waals surface area contributed by atoms with Gasteiger partial charge in [0.05, 0.1) is 49.6 Å². The molecule has 1 aromatic carbocycles. The van der Waals surface area contributed by atoms with Crippen molar-refractivity contribution in [3.63, 3.8) is 0 Å². The predicted molar refractivity (Wildman–Crippen MR) is 208 cm³/mol. The SMILES string of the molecule is CC(=O)N[C@H]1C(C(O)C(O)CO)O[C@@]2(C(=O)O)C[C@H]1O[C@H]1C(CO2)O[C@@H](O[C@@H]2C(CO)O[C@@H](OCCCNC(=O)CCCCC(=O)Oc3ccc([N+](=O)[O-])cc3)[C@@H](C)C2O)[C@@H](O)C1O. The van der Waals surface area contributed by atoms with Gasteiger partial charge in [-0.25, -0.2) is 4.79 Å². The van der Waals surface area contributed by atoms with Crippen LogP contribution in [0.25, 0.3) is 0 Å². The molecule has 4 saturated heterocycles. The number of fused-ring (bicyclic) bond motifs is 3. The van der Waals surface area contributed by atoms with Gasteiger partial charge in [-0.3, -0.25) is 24.5 Å². The minimum absolute atomic E-state index is 0.0356. The molecule has 64 heavy (non-hydrogen) atoms. The zero-order valence-corrected chi connectivity index (χ0v) is 35.0. The minimum atomic E-state index is -2.56. The maximum atomic E-state index is 12.6. The average molecular weight is 920 g/mol. The number of ether oxygens (including phenoxy) is 8. The quantitative estimate of drug-likeness (QED) is 0.0201. The molecule has 7 unspecified atom stereocenters. The zero-order valence-electron chi connectivity index (χ0n) is 35.0. The lowest BCUT2D eigenvalue weighted by Gasteiger charge is -2.53. The van der Waals surface area contributed by atoms with Crippen molar-refractivity contribution >= 4 is 29.4 Å². The monoisotopic (exact) mass is 919 g/mol. The van der Waals surface area contributed by atoms with Gasteiger partial charge in [-0.2, -0.15) is 0 Å².